The summed E-state index contributed by atoms with van der Waals surface area (Å²) in [6.45, 7) is 8.26. The highest BCUT2D eigenvalue weighted by atomic mass is 19.1. The van der Waals surface area contributed by atoms with Gasteiger partial charge in [0.1, 0.15) is 11.5 Å². The highest BCUT2D eigenvalue weighted by Gasteiger charge is 2.25. The predicted octanol–water partition coefficient (Wildman–Crippen LogP) is 5.27. The fourth-order valence-corrected chi connectivity index (χ4v) is 3.48. The van der Waals surface area contributed by atoms with Crippen molar-refractivity contribution in [3.8, 4) is 11.3 Å². The first-order valence-electron chi connectivity index (χ1n) is 10.4. The number of carbonyl (C=O) groups is 1. The maximum absolute atomic E-state index is 13.3. The van der Waals surface area contributed by atoms with Gasteiger partial charge in [-0.3, -0.25) is 4.79 Å². The molecular formula is C24H28FN3O2. The first-order chi connectivity index (χ1) is 14.6. The summed E-state index contributed by atoms with van der Waals surface area (Å²) in [5, 5.41) is 4.36. The van der Waals surface area contributed by atoms with Gasteiger partial charge in [0, 0.05) is 31.6 Å². The monoisotopic (exact) mass is 409 g/mol. The van der Waals surface area contributed by atoms with Gasteiger partial charge in [0.05, 0.1) is 12.1 Å². The largest absolute Gasteiger partial charge is 0.341 e. The molecule has 30 heavy (non-hydrogen) atoms. The Bertz CT molecular complexity index is 950. The van der Waals surface area contributed by atoms with Crippen LogP contribution in [0.1, 0.15) is 38.3 Å². The van der Waals surface area contributed by atoms with Gasteiger partial charge in [-0.05, 0) is 31.5 Å². The molecule has 3 aromatic rings. The number of hydrogen-bond acceptors (Lipinski definition) is 4. The molecule has 1 amide bonds. The van der Waals surface area contributed by atoms with Crippen molar-refractivity contribution in [2.45, 2.75) is 40.3 Å². The van der Waals surface area contributed by atoms with E-state index in [0.717, 1.165) is 35.5 Å². The molecule has 0 aliphatic heterocycles. The molecule has 0 atom stereocenters. The van der Waals surface area contributed by atoms with E-state index in [1.807, 2.05) is 37.3 Å². The summed E-state index contributed by atoms with van der Waals surface area (Å²) < 4.78 is 19.1. The van der Waals surface area contributed by atoms with Gasteiger partial charge in [0.25, 0.3) is 0 Å². The van der Waals surface area contributed by atoms with E-state index in [4.69, 9.17) is 4.52 Å². The van der Waals surface area contributed by atoms with Crippen LogP contribution in [0, 0.1) is 5.82 Å². The van der Waals surface area contributed by atoms with Crippen molar-refractivity contribution in [3.05, 3.63) is 71.5 Å². The van der Waals surface area contributed by atoms with Gasteiger partial charge in [-0.15, -0.1) is 0 Å². The first-order valence-corrected chi connectivity index (χ1v) is 10.4. The van der Waals surface area contributed by atoms with E-state index >= 15 is 0 Å². The van der Waals surface area contributed by atoms with Crippen LogP contribution in [0.25, 0.3) is 11.3 Å². The smallest absolute Gasteiger partial charge is 0.232 e. The number of hydrogen-bond donors (Lipinski definition) is 0. The predicted molar refractivity (Wildman–Crippen MR) is 116 cm³/mol. The van der Waals surface area contributed by atoms with Crippen LogP contribution in [0.15, 0.2) is 59.1 Å². The number of aromatic nitrogens is 1. The highest BCUT2D eigenvalue weighted by Crippen LogP contribution is 2.33. The molecule has 5 nitrogen and oxygen atoms in total. The summed E-state index contributed by atoms with van der Waals surface area (Å²) in [6, 6.07) is 16.1. The van der Waals surface area contributed by atoms with E-state index in [2.05, 4.69) is 23.9 Å². The third-order valence-corrected chi connectivity index (χ3v) is 5.16. The summed E-state index contributed by atoms with van der Waals surface area (Å²) in [5.41, 5.74) is 3.44. The van der Waals surface area contributed by atoms with E-state index in [1.165, 1.54) is 12.1 Å². The number of rotatable bonds is 9. The zero-order valence-electron chi connectivity index (χ0n) is 17.8. The molecule has 0 aliphatic carbocycles. The number of carbonyl (C=O) groups excluding carboxylic acids is 1. The van der Waals surface area contributed by atoms with E-state index < -0.39 is 0 Å². The Balaban J connectivity index is 2.00. The molecular weight excluding hydrogens is 381 g/mol. The van der Waals surface area contributed by atoms with Gasteiger partial charge in [-0.2, -0.15) is 0 Å². The Morgan fingerprint density at radius 1 is 0.967 bits per heavy atom. The fraction of sp³-hybridized carbons (Fsp3) is 0.333. The van der Waals surface area contributed by atoms with E-state index in [1.54, 1.807) is 17.0 Å². The average Bonchev–Trinajstić information content (AvgIpc) is 3.19. The second-order valence-electron chi connectivity index (χ2n) is 7.08. The maximum atomic E-state index is 13.3. The summed E-state index contributed by atoms with van der Waals surface area (Å²) in [6.07, 6.45) is 0.383. The SMILES string of the molecule is CCC(=O)N(Cc1ccc(F)cc1)Cc1c(-c2ccccc2)noc1N(CC)CC. The molecule has 2 aromatic carbocycles. The second-order valence-corrected chi connectivity index (χ2v) is 7.08. The van der Waals surface area contributed by atoms with Crippen molar-refractivity contribution in [3.63, 3.8) is 0 Å². The fourth-order valence-electron chi connectivity index (χ4n) is 3.48. The molecule has 0 radical (unpaired) electrons. The molecule has 0 unspecified atom stereocenters. The van der Waals surface area contributed by atoms with Gasteiger partial charge in [-0.1, -0.05) is 54.5 Å². The van der Waals surface area contributed by atoms with Gasteiger partial charge in [0.15, 0.2) is 0 Å². The van der Waals surface area contributed by atoms with E-state index in [0.29, 0.717) is 25.4 Å². The summed E-state index contributed by atoms with van der Waals surface area (Å²) >= 11 is 0. The Labute approximate surface area is 177 Å². The summed E-state index contributed by atoms with van der Waals surface area (Å²) in [4.78, 5) is 16.6. The lowest BCUT2D eigenvalue weighted by Gasteiger charge is -2.25. The summed E-state index contributed by atoms with van der Waals surface area (Å²) in [7, 11) is 0. The van der Waals surface area contributed by atoms with Crippen LogP contribution in [-0.2, 0) is 17.9 Å². The van der Waals surface area contributed by atoms with Crippen LogP contribution < -0.4 is 4.90 Å². The average molecular weight is 410 g/mol. The van der Waals surface area contributed by atoms with Crippen LogP contribution in [0.2, 0.25) is 0 Å². The molecule has 1 aromatic heterocycles. The number of nitrogens with zero attached hydrogens (tertiary/aromatic N) is 3. The molecule has 0 saturated heterocycles. The quantitative estimate of drug-likeness (QED) is 0.483. The Hall–Kier alpha value is -3.15. The minimum Gasteiger partial charge on any atom is -0.341 e. The van der Waals surface area contributed by atoms with Crippen molar-refractivity contribution in [2.75, 3.05) is 18.0 Å². The molecule has 6 heteroatoms. The van der Waals surface area contributed by atoms with E-state index in [-0.39, 0.29) is 11.7 Å². The molecule has 0 fully saturated rings. The van der Waals surface area contributed by atoms with Crippen molar-refractivity contribution >= 4 is 11.8 Å². The normalized spacial score (nSPS) is 10.8. The number of benzene rings is 2. The first kappa shape index (κ1) is 21.6. The minimum absolute atomic E-state index is 0.0185. The van der Waals surface area contributed by atoms with Gasteiger partial charge >= 0.3 is 0 Å². The van der Waals surface area contributed by atoms with Gasteiger partial charge in [-0.25, -0.2) is 4.39 Å². The molecule has 0 N–H and O–H groups in total. The molecule has 0 spiro atoms. The zero-order valence-corrected chi connectivity index (χ0v) is 17.8. The topological polar surface area (TPSA) is 49.6 Å². The molecule has 3 rings (SSSR count). The van der Waals surface area contributed by atoms with Gasteiger partial charge < -0.3 is 14.3 Å². The number of amides is 1. The van der Waals surface area contributed by atoms with Crippen LogP contribution in [0.4, 0.5) is 10.3 Å². The third-order valence-electron chi connectivity index (χ3n) is 5.16. The summed E-state index contributed by atoms with van der Waals surface area (Å²) in [5.74, 6) is 0.415. The number of halogens is 1. The Morgan fingerprint density at radius 2 is 1.63 bits per heavy atom. The molecule has 0 saturated carbocycles. The lowest BCUT2D eigenvalue weighted by atomic mass is 10.1. The van der Waals surface area contributed by atoms with Crippen LogP contribution in [0.5, 0.6) is 0 Å². The Morgan fingerprint density at radius 3 is 2.23 bits per heavy atom. The van der Waals surface area contributed by atoms with Crippen molar-refractivity contribution in [1.29, 1.82) is 0 Å². The second kappa shape index (κ2) is 10.1. The van der Waals surface area contributed by atoms with Gasteiger partial charge in [0.2, 0.25) is 11.8 Å². The molecule has 0 aliphatic rings. The lowest BCUT2D eigenvalue weighted by Crippen LogP contribution is -2.31. The molecule has 0 bridgehead atoms. The number of anilines is 1. The van der Waals surface area contributed by atoms with Crippen molar-refractivity contribution in [2.24, 2.45) is 0 Å². The van der Waals surface area contributed by atoms with Crippen LogP contribution in [0.3, 0.4) is 0 Å². The third kappa shape index (κ3) is 4.87. The lowest BCUT2D eigenvalue weighted by molar-refractivity contribution is -0.132. The van der Waals surface area contributed by atoms with Crippen LogP contribution in [-0.4, -0.2) is 29.1 Å². The standard InChI is InChI=1S/C24H28FN3O2/c1-4-22(29)28(16-18-12-14-20(25)15-13-18)17-21-23(19-10-8-7-9-11-19)26-30-24(21)27(5-2)6-3/h7-15H,4-6,16-17H2,1-3H3. The molecule has 1 heterocycles. The zero-order chi connectivity index (χ0) is 21.5. The van der Waals surface area contributed by atoms with Crippen LogP contribution >= 0.6 is 0 Å². The maximum Gasteiger partial charge on any atom is 0.232 e. The molecule has 158 valence electrons. The Kier molecular flexibility index (Phi) is 7.22. The van der Waals surface area contributed by atoms with Crippen molar-refractivity contribution < 1.29 is 13.7 Å². The minimum atomic E-state index is -0.290. The highest BCUT2D eigenvalue weighted by molar-refractivity contribution is 5.77. The van der Waals surface area contributed by atoms with E-state index in [9.17, 15) is 9.18 Å². The van der Waals surface area contributed by atoms with Crippen molar-refractivity contribution in [1.82, 2.24) is 10.1 Å².